The molecule has 27 heavy (non-hydrogen) atoms. The molecule has 1 aliphatic heterocycles. The lowest BCUT2D eigenvalue weighted by atomic mass is 9.84. The third kappa shape index (κ3) is 7.13. The minimum atomic E-state index is -0.780. The van der Waals surface area contributed by atoms with Gasteiger partial charge in [-0.2, -0.15) is 0 Å². The van der Waals surface area contributed by atoms with Crippen LogP contribution in [0.3, 0.4) is 0 Å². The van der Waals surface area contributed by atoms with E-state index in [1.54, 1.807) is 4.90 Å². The van der Waals surface area contributed by atoms with Gasteiger partial charge in [-0.1, -0.05) is 38.5 Å². The number of aliphatic carboxylic acids is 1. The Balaban J connectivity index is 1.68. The maximum absolute atomic E-state index is 12.0. The summed E-state index contributed by atoms with van der Waals surface area (Å²) in [5.41, 5.74) is 0. The molecule has 2 rings (SSSR count). The third-order valence-electron chi connectivity index (χ3n) is 5.88. The van der Waals surface area contributed by atoms with Crippen LogP contribution in [-0.2, 0) is 9.59 Å². The number of carbonyl (C=O) groups excluding carboxylic acids is 2. The van der Waals surface area contributed by atoms with Crippen molar-refractivity contribution in [1.82, 2.24) is 10.2 Å². The van der Waals surface area contributed by atoms with Crippen molar-refractivity contribution in [3.63, 3.8) is 0 Å². The van der Waals surface area contributed by atoms with E-state index in [1.165, 1.54) is 19.3 Å². The molecule has 1 saturated heterocycles. The van der Waals surface area contributed by atoms with E-state index in [9.17, 15) is 19.5 Å². The van der Waals surface area contributed by atoms with Crippen molar-refractivity contribution in [1.29, 1.82) is 0 Å². The quantitative estimate of drug-likeness (QED) is 0.355. The number of carbonyl (C=O) groups is 3. The predicted molar refractivity (Wildman–Crippen MR) is 101 cm³/mol. The third-order valence-corrected chi connectivity index (χ3v) is 5.88. The number of aliphatic hydroxyl groups excluding tert-OH is 1. The maximum Gasteiger partial charge on any atom is 0.324 e. The smallest absolute Gasteiger partial charge is 0.324 e. The molecule has 0 aromatic carbocycles. The zero-order valence-electron chi connectivity index (χ0n) is 16.2. The summed E-state index contributed by atoms with van der Waals surface area (Å²) in [6.07, 6.45) is 10.8. The zero-order valence-corrected chi connectivity index (χ0v) is 16.2. The summed E-state index contributed by atoms with van der Waals surface area (Å²) in [7, 11) is 0. The number of rotatable bonds is 12. The Morgan fingerprint density at radius 3 is 2.48 bits per heavy atom. The van der Waals surface area contributed by atoms with Gasteiger partial charge in [0.15, 0.2) is 0 Å². The van der Waals surface area contributed by atoms with Crippen LogP contribution in [0.2, 0.25) is 0 Å². The molecule has 3 N–H and O–H groups in total. The van der Waals surface area contributed by atoms with E-state index in [4.69, 9.17) is 5.11 Å². The Labute approximate surface area is 161 Å². The summed E-state index contributed by atoms with van der Waals surface area (Å²) >= 11 is 0. The molecule has 1 saturated carbocycles. The highest BCUT2D eigenvalue weighted by Crippen LogP contribution is 2.28. The van der Waals surface area contributed by atoms with Crippen molar-refractivity contribution in [3.8, 4) is 0 Å². The molecular formula is C20H34N2O5. The van der Waals surface area contributed by atoms with Crippen LogP contribution < -0.4 is 5.32 Å². The van der Waals surface area contributed by atoms with Gasteiger partial charge >= 0.3 is 12.0 Å². The van der Waals surface area contributed by atoms with Crippen LogP contribution in [0, 0.1) is 5.92 Å². The molecule has 0 radical (unpaired) electrons. The summed E-state index contributed by atoms with van der Waals surface area (Å²) < 4.78 is 0. The lowest BCUT2D eigenvalue weighted by molar-refractivity contribution is -0.137. The monoisotopic (exact) mass is 382 g/mol. The number of carboxylic acids is 1. The lowest BCUT2D eigenvalue weighted by Crippen LogP contribution is -2.36. The summed E-state index contributed by atoms with van der Waals surface area (Å²) in [6, 6.07) is -0.758. The Morgan fingerprint density at radius 1 is 1.07 bits per heavy atom. The molecule has 2 aliphatic rings. The number of imide groups is 1. The second-order valence-electron chi connectivity index (χ2n) is 7.96. The number of hydrogen-bond donors (Lipinski definition) is 3. The van der Waals surface area contributed by atoms with E-state index >= 15 is 0 Å². The molecule has 0 bridgehead atoms. The van der Waals surface area contributed by atoms with Gasteiger partial charge in [0, 0.05) is 13.0 Å². The van der Waals surface area contributed by atoms with Crippen molar-refractivity contribution < 1.29 is 24.6 Å². The van der Waals surface area contributed by atoms with Crippen LogP contribution in [0.5, 0.6) is 0 Å². The molecular weight excluding hydrogens is 348 g/mol. The highest BCUT2D eigenvalue weighted by molar-refractivity contribution is 6.04. The lowest BCUT2D eigenvalue weighted by Gasteiger charge is -2.27. The summed E-state index contributed by atoms with van der Waals surface area (Å²) in [4.78, 5) is 36.2. The fourth-order valence-electron chi connectivity index (χ4n) is 4.28. The van der Waals surface area contributed by atoms with Gasteiger partial charge in [0.05, 0.1) is 6.10 Å². The van der Waals surface area contributed by atoms with Gasteiger partial charge in [-0.3, -0.25) is 14.9 Å². The Bertz CT molecular complexity index is 505. The topological polar surface area (TPSA) is 107 Å². The highest BCUT2D eigenvalue weighted by Gasteiger charge is 2.37. The number of amides is 3. The first-order valence-corrected chi connectivity index (χ1v) is 10.5. The predicted octanol–water partition coefficient (Wildman–Crippen LogP) is 3.05. The molecule has 2 atom stereocenters. The van der Waals surface area contributed by atoms with E-state index in [0.29, 0.717) is 38.1 Å². The Kier molecular flexibility index (Phi) is 9.04. The fourth-order valence-corrected chi connectivity index (χ4v) is 4.28. The normalized spacial score (nSPS) is 22.1. The van der Waals surface area contributed by atoms with Gasteiger partial charge in [0.2, 0.25) is 0 Å². The molecule has 7 heteroatoms. The first-order chi connectivity index (χ1) is 13.0. The number of nitrogens with zero attached hydrogens (tertiary/aromatic N) is 1. The minimum absolute atomic E-state index is 0.178. The van der Waals surface area contributed by atoms with Crippen molar-refractivity contribution in [2.45, 2.75) is 95.6 Å². The number of hydrogen-bond acceptors (Lipinski definition) is 4. The SMILES string of the molecule is O=C(O)CCCCCC[C@H]1C(=O)NC(=O)N1CCC[C@H](O)C1CCCCC1. The van der Waals surface area contributed by atoms with Gasteiger partial charge in [0.1, 0.15) is 6.04 Å². The fraction of sp³-hybridized carbons (Fsp3) is 0.850. The second-order valence-corrected chi connectivity index (χ2v) is 7.96. The van der Waals surface area contributed by atoms with Crippen molar-refractivity contribution in [2.75, 3.05) is 6.54 Å². The van der Waals surface area contributed by atoms with Crippen LogP contribution in [0.15, 0.2) is 0 Å². The van der Waals surface area contributed by atoms with Gasteiger partial charge in [-0.15, -0.1) is 0 Å². The van der Waals surface area contributed by atoms with E-state index in [0.717, 1.165) is 32.1 Å². The van der Waals surface area contributed by atoms with Crippen molar-refractivity contribution in [3.05, 3.63) is 0 Å². The summed E-state index contributed by atoms with van der Waals surface area (Å²) in [5.74, 6) is -0.634. The van der Waals surface area contributed by atoms with Crippen LogP contribution in [-0.4, -0.2) is 51.7 Å². The highest BCUT2D eigenvalue weighted by atomic mass is 16.4. The zero-order chi connectivity index (χ0) is 19.6. The molecule has 0 unspecified atom stereocenters. The first kappa shape index (κ1) is 21.7. The Hall–Kier alpha value is -1.63. The van der Waals surface area contributed by atoms with E-state index < -0.39 is 12.0 Å². The molecule has 154 valence electrons. The molecule has 1 heterocycles. The molecule has 7 nitrogen and oxygen atoms in total. The second kappa shape index (κ2) is 11.3. The average molecular weight is 383 g/mol. The largest absolute Gasteiger partial charge is 0.481 e. The Morgan fingerprint density at radius 2 is 1.78 bits per heavy atom. The van der Waals surface area contributed by atoms with Crippen LogP contribution in [0.1, 0.15) is 83.5 Å². The number of carboxylic acid groups (broad SMARTS) is 1. The molecule has 0 aromatic heterocycles. The van der Waals surface area contributed by atoms with Crippen molar-refractivity contribution in [2.24, 2.45) is 5.92 Å². The molecule has 2 fully saturated rings. The van der Waals surface area contributed by atoms with Crippen LogP contribution >= 0.6 is 0 Å². The number of urea groups is 1. The summed E-state index contributed by atoms with van der Waals surface area (Å²) in [5, 5.41) is 21.4. The standard InChI is InChI=1S/C20H34N2O5/c23-17(15-9-4-3-5-10-15)12-8-14-22-16(19(26)21-20(22)27)11-6-1-2-7-13-18(24)25/h15-17,23H,1-14H2,(H,24,25)(H,21,26,27)/t16-,17-/m0/s1. The van der Waals surface area contributed by atoms with Crippen molar-refractivity contribution >= 4 is 17.9 Å². The molecule has 3 amide bonds. The molecule has 0 spiro atoms. The maximum atomic E-state index is 12.0. The van der Waals surface area contributed by atoms with E-state index in [1.807, 2.05) is 0 Å². The van der Waals surface area contributed by atoms with Crippen LogP contribution in [0.25, 0.3) is 0 Å². The van der Waals surface area contributed by atoms with Crippen LogP contribution in [0.4, 0.5) is 4.79 Å². The van der Waals surface area contributed by atoms with Gasteiger partial charge in [-0.05, 0) is 44.4 Å². The average Bonchev–Trinajstić information content (AvgIpc) is 2.91. The molecule has 1 aliphatic carbocycles. The van der Waals surface area contributed by atoms with E-state index in [2.05, 4.69) is 5.32 Å². The number of nitrogens with one attached hydrogen (secondary N) is 1. The summed E-state index contributed by atoms with van der Waals surface area (Å²) in [6.45, 7) is 0.491. The minimum Gasteiger partial charge on any atom is -0.481 e. The molecule has 0 aromatic rings. The van der Waals surface area contributed by atoms with E-state index in [-0.39, 0.29) is 24.5 Å². The number of aliphatic hydroxyl groups is 1. The first-order valence-electron chi connectivity index (χ1n) is 10.5. The van der Waals surface area contributed by atoms with Gasteiger partial charge in [-0.25, -0.2) is 4.79 Å². The van der Waals surface area contributed by atoms with Gasteiger partial charge in [0.25, 0.3) is 5.91 Å². The number of unbranched alkanes of at least 4 members (excludes halogenated alkanes) is 3. The van der Waals surface area contributed by atoms with Gasteiger partial charge < -0.3 is 15.1 Å².